The van der Waals surface area contributed by atoms with E-state index in [-0.39, 0.29) is 11.6 Å². The van der Waals surface area contributed by atoms with E-state index in [0.717, 1.165) is 30.1 Å². The van der Waals surface area contributed by atoms with Gasteiger partial charge in [0.25, 0.3) is 0 Å². The van der Waals surface area contributed by atoms with Crippen molar-refractivity contribution in [2.45, 2.75) is 63.6 Å². The first-order valence-corrected chi connectivity index (χ1v) is 11.6. The Morgan fingerprint density at radius 2 is 1.87 bits per heavy atom. The Balaban J connectivity index is 1.25. The number of ether oxygens (including phenoxy) is 1. The predicted octanol–water partition coefficient (Wildman–Crippen LogP) is 4.13. The molecule has 1 aliphatic heterocycles. The third kappa shape index (κ3) is 3.69. The molecular formula is C23H29F2N5O. The van der Waals surface area contributed by atoms with Gasteiger partial charge in [0.1, 0.15) is 0 Å². The van der Waals surface area contributed by atoms with Gasteiger partial charge in [0.15, 0.2) is 11.6 Å². The van der Waals surface area contributed by atoms with Crippen LogP contribution in [0.4, 0.5) is 14.6 Å². The molecule has 1 unspecified atom stereocenters. The maximum Gasteiger partial charge on any atom is 0.387 e. The molecule has 4 atom stereocenters. The number of alkyl halides is 2. The summed E-state index contributed by atoms with van der Waals surface area (Å²) >= 11 is 0. The number of anilines is 1. The Bertz CT molecular complexity index is 957. The Hall–Kier alpha value is -2.22. The van der Waals surface area contributed by atoms with Crippen LogP contribution in [-0.2, 0) is 6.54 Å². The minimum Gasteiger partial charge on any atom is -0.431 e. The highest BCUT2D eigenvalue weighted by atomic mass is 19.3. The second kappa shape index (κ2) is 7.43. The molecule has 1 saturated heterocycles. The number of likely N-dealkylation sites (tertiary alicyclic amines) is 1. The fraction of sp³-hybridized carbons (Fsp3) is 0.652. The summed E-state index contributed by atoms with van der Waals surface area (Å²) in [4.78, 5) is 6.75. The zero-order valence-electron chi connectivity index (χ0n) is 17.6. The highest BCUT2D eigenvalue weighted by Gasteiger charge is 2.58. The lowest BCUT2D eigenvalue weighted by Crippen LogP contribution is -2.31. The minimum absolute atomic E-state index is 0.0358. The maximum atomic E-state index is 12.7. The van der Waals surface area contributed by atoms with Crippen LogP contribution in [0.3, 0.4) is 0 Å². The summed E-state index contributed by atoms with van der Waals surface area (Å²) in [6.07, 6.45) is 9.42. The fourth-order valence-corrected chi connectivity index (χ4v) is 5.97. The number of fused-ring (bicyclic) bond motifs is 1. The molecule has 166 valence electrons. The second-order valence-corrected chi connectivity index (χ2v) is 9.79. The third-order valence-corrected chi connectivity index (χ3v) is 7.75. The number of pyridine rings is 1. The number of halogens is 2. The predicted molar refractivity (Wildman–Crippen MR) is 113 cm³/mol. The first-order chi connectivity index (χ1) is 15.1. The van der Waals surface area contributed by atoms with E-state index in [1.165, 1.54) is 63.4 Å². The Morgan fingerprint density at radius 3 is 2.55 bits per heavy atom. The van der Waals surface area contributed by atoms with E-state index in [1.54, 1.807) is 6.20 Å². The van der Waals surface area contributed by atoms with Gasteiger partial charge in [-0.2, -0.15) is 13.9 Å². The van der Waals surface area contributed by atoms with Gasteiger partial charge >= 0.3 is 6.61 Å². The van der Waals surface area contributed by atoms with Crippen molar-refractivity contribution in [2.24, 2.45) is 17.8 Å². The van der Waals surface area contributed by atoms with Crippen molar-refractivity contribution in [3.8, 4) is 17.0 Å². The lowest BCUT2D eigenvalue weighted by Gasteiger charge is -2.25. The molecule has 2 aromatic heterocycles. The fourth-order valence-electron chi connectivity index (χ4n) is 5.97. The largest absolute Gasteiger partial charge is 0.431 e. The Labute approximate surface area is 180 Å². The standard InChI is InChI=1S/C23H29F2N5O/c24-23(25)31-20-7-14(11-27-22(20)26)18-10-19(30(28-18)12-13-3-4-13)21-16-8-15(9-17(16)21)29-5-1-2-6-29/h7,10-11,13,15-17,21,23H,1-6,8-9,12H2,(H2,26,27)/t15?,16-,17+,21+. The molecule has 6 rings (SSSR count). The summed E-state index contributed by atoms with van der Waals surface area (Å²) in [6, 6.07) is 4.44. The number of nitrogens with two attached hydrogens (primary N) is 1. The summed E-state index contributed by atoms with van der Waals surface area (Å²) in [7, 11) is 0. The van der Waals surface area contributed by atoms with E-state index >= 15 is 0 Å². The molecule has 2 N–H and O–H groups in total. The van der Waals surface area contributed by atoms with Gasteiger partial charge in [0.05, 0.1) is 5.69 Å². The van der Waals surface area contributed by atoms with Crippen LogP contribution in [0.15, 0.2) is 18.3 Å². The van der Waals surface area contributed by atoms with Gasteiger partial charge in [-0.15, -0.1) is 0 Å². The Kier molecular flexibility index (Phi) is 4.67. The van der Waals surface area contributed by atoms with E-state index in [4.69, 9.17) is 10.8 Å². The molecule has 31 heavy (non-hydrogen) atoms. The average molecular weight is 430 g/mol. The van der Waals surface area contributed by atoms with Gasteiger partial charge in [-0.3, -0.25) is 4.68 Å². The molecule has 3 saturated carbocycles. The molecule has 0 radical (unpaired) electrons. The lowest BCUT2D eigenvalue weighted by molar-refractivity contribution is -0.0494. The topological polar surface area (TPSA) is 69.2 Å². The monoisotopic (exact) mass is 429 g/mol. The summed E-state index contributed by atoms with van der Waals surface area (Å²) in [5, 5.41) is 4.88. The normalized spacial score (nSPS) is 30.2. The van der Waals surface area contributed by atoms with Gasteiger partial charge < -0.3 is 15.4 Å². The van der Waals surface area contributed by atoms with Gasteiger partial charge in [-0.25, -0.2) is 4.98 Å². The van der Waals surface area contributed by atoms with Crippen molar-refractivity contribution in [1.82, 2.24) is 19.7 Å². The van der Waals surface area contributed by atoms with E-state index in [1.807, 2.05) is 0 Å². The zero-order valence-corrected chi connectivity index (χ0v) is 17.6. The van der Waals surface area contributed by atoms with Crippen molar-refractivity contribution in [2.75, 3.05) is 18.8 Å². The summed E-state index contributed by atoms with van der Waals surface area (Å²) < 4.78 is 32.2. The van der Waals surface area contributed by atoms with Gasteiger partial charge in [-0.1, -0.05) is 0 Å². The van der Waals surface area contributed by atoms with Crippen molar-refractivity contribution in [3.05, 3.63) is 24.0 Å². The summed E-state index contributed by atoms with van der Waals surface area (Å²) in [6.45, 7) is 0.554. The van der Waals surface area contributed by atoms with E-state index in [9.17, 15) is 8.78 Å². The molecule has 0 spiro atoms. The van der Waals surface area contributed by atoms with Crippen molar-refractivity contribution in [1.29, 1.82) is 0 Å². The molecule has 6 nitrogen and oxygen atoms in total. The highest BCUT2D eigenvalue weighted by Crippen LogP contribution is 2.64. The van der Waals surface area contributed by atoms with Crippen LogP contribution in [0.2, 0.25) is 0 Å². The average Bonchev–Trinajstić information content (AvgIpc) is 3.42. The first-order valence-electron chi connectivity index (χ1n) is 11.6. The second-order valence-electron chi connectivity index (χ2n) is 9.79. The summed E-state index contributed by atoms with van der Waals surface area (Å²) in [5.74, 6) is 2.68. The molecule has 2 aromatic rings. The van der Waals surface area contributed by atoms with Crippen LogP contribution in [0, 0.1) is 17.8 Å². The van der Waals surface area contributed by atoms with E-state index < -0.39 is 6.61 Å². The van der Waals surface area contributed by atoms with Crippen molar-refractivity contribution >= 4 is 5.82 Å². The molecular weight excluding hydrogens is 400 g/mol. The van der Waals surface area contributed by atoms with Crippen LogP contribution >= 0.6 is 0 Å². The maximum absolute atomic E-state index is 12.7. The lowest BCUT2D eigenvalue weighted by atomic mass is 10.0. The van der Waals surface area contributed by atoms with Crippen LogP contribution < -0.4 is 10.5 Å². The number of rotatable bonds is 7. The molecule has 8 heteroatoms. The quantitative estimate of drug-likeness (QED) is 0.717. The SMILES string of the molecule is Nc1ncc(-c2cc([C@H]3[C@@H]4CC(N5CCCC5)C[C@@H]43)n(CC3CC3)n2)cc1OC(F)F. The first kappa shape index (κ1) is 19.5. The number of nitrogen functional groups attached to an aromatic ring is 1. The molecule has 3 heterocycles. The third-order valence-electron chi connectivity index (χ3n) is 7.75. The van der Waals surface area contributed by atoms with Crippen LogP contribution in [0.5, 0.6) is 5.75 Å². The molecule has 0 amide bonds. The van der Waals surface area contributed by atoms with Crippen molar-refractivity contribution in [3.63, 3.8) is 0 Å². The van der Waals surface area contributed by atoms with E-state index in [2.05, 4.69) is 25.4 Å². The van der Waals surface area contributed by atoms with Crippen LogP contribution in [0.1, 0.15) is 50.1 Å². The van der Waals surface area contributed by atoms with Crippen LogP contribution in [0.25, 0.3) is 11.3 Å². The number of hydrogen-bond donors (Lipinski definition) is 1. The Morgan fingerprint density at radius 1 is 1.13 bits per heavy atom. The van der Waals surface area contributed by atoms with Crippen molar-refractivity contribution < 1.29 is 13.5 Å². The van der Waals surface area contributed by atoms with Gasteiger partial charge in [-0.05, 0) is 81.5 Å². The van der Waals surface area contributed by atoms with E-state index in [0.29, 0.717) is 17.4 Å². The molecule has 0 bridgehead atoms. The van der Waals surface area contributed by atoms with Crippen LogP contribution in [-0.4, -0.2) is 45.4 Å². The smallest absolute Gasteiger partial charge is 0.387 e. The molecule has 3 aliphatic carbocycles. The highest BCUT2D eigenvalue weighted by molar-refractivity contribution is 5.64. The van der Waals surface area contributed by atoms with Gasteiger partial charge in [0, 0.05) is 36.0 Å². The number of nitrogens with zero attached hydrogens (tertiary/aromatic N) is 4. The molecule has 0 aromatic carbocycles. The zero-order chi connectivity index (χ0) is 21.1. The summed E-state index contributed by atoms with van der Waals surface area (Å²) in [5.41, 5.74) is 8.46. The molecule has 4 fully saturated rings. The minimum atomic E-state index is -2.93. The molecule has 4 aliphatic rings. The number of hydrogen-bond acceptors (Lipinski definition) is 5. The van der Waals surface area contributed by atoms with Gasteiger partial charge in [0.2, 0.25) is 0 Å². The number of aromatic nitrogens is 3.